The Labute approximate surface area is 194 Å². The molecule has 3 aromatic carbocycles. The van der Waals surface area contributed by atoms with Crippen LogP contribution in [0.1, 0.15) is 37.9 Å². The third kappa shape index (κ3) is 6.18. The Balaban J connectivity index is 1.67. The van der Waals surface area contributed by atoms with Gasteiger partial charge in [-0.1, -0.05) is 68.4 Å². The van der Waals surface area contributed by atoms with Crippen molar-refractivity contribution >= 4 is 32.6 Å². The van der Waals surface area contributed by atoms with Crippen molar-refractivity contribution < 1.29 is 18.0 Å². The van der Waals surface area contributed by atoms with E-state index in [2.05, 4.69) is 10.6 Å². The van der Waals surface area contributed by atoms with Crippen molar-refractivity contribution in [3.05, 3.63) is 77.9 Å². The van der Waals surface area contributed by atoms with Gasteiger partial charge in [-0.05, 0) is 46.9 Å². The molecule has 3 rings (SSSR count). The fraction of sp³-hybridized carbons (Fsp3) is 0.280. The molecule has 0 radical (unpaired) electrons. The van der Waals surface area contributed by atoms with Crippen LogP contribution in [0.4, 0.5) is 0 Å². The molecule has 3 aromatic rings. The Hall–Kier alpha value is -3.23. The largest absolute Gasteiger partial charge is 0.348 e. The number of benzene rings is 3. The van der Waals surface area contributed by atoms with Crippen LogP contribution in [0, 0.1) is 5.92 Å². The number of nitrogens with one attached hydrogen (secondary N) is 2. The summed E-state index contributed by atoms with van der Waals surface area (Å²) in [5.41, 5.74) is 1.62. The van der Waals surface area contributed by atoms with Crippen LogP contribution in [-0.2, 0) is 26.0 Å². The van der Waals surface area contributed by atoms with E-state index in [-0.39, 0.29) is 35.1 Å². The number of fused-ring (bicyclic) bond motifs is 1. The molecule has 2 amide bonds. The predicted octanol–water partition coefficient (Wildman–Crippen LogP) is 3.05. The van der Waals surface area contributed by atoms with E-state index in [1.807, 2.05) is 56.3 Å². The van der Waals surface area contributed by atoms with Gasteiger partial charge in [-0.3, -0.25) is 9.59 Å². The molecule has 0 unspecified atom stereocenters. The minimum absolute atomic E-state index is 0.00512. The van der Waals surface area contributed by atoms with Gasteiger partial charge in [0, 0.05) is 0 Å². The summed E-state index contributed by atoms with van der Waals surface area (Å²) >= 11 is 0. The maximum atomic E-state index is 13.0. The van der Waals surface area contributed by atoms with Crippen LogP contribution < -0.4 is 15.8 Å². The fourth-order valence-corrected chi connectivity index (χ4v) is 4.23. The van der Waals surface area contributed by atoms with Crippen molar-refractivity contribution in [3.63, 3.8) is 0 Å². The lowest BCUT2D eigenvalue weighted by Crippen LogP contribution is -2.50. The van der Waals surface area contributed by atoms with Gasteiger partial charge in [0.15, 0.2) is 0 Å². The molecule has 0 aliphatic heterocycles. The molecule has 8 heteroatoms. The molecule has 0 saturated carbocycles. The van der Waals surface area contributed by atoms with Gasteiger partial charge in [0.2, 0.25) is 21.8 Å². The summed E-state index contributed by atoms with van der Waals surface area (Å²) in [5.74, 6) is -0.664. The van der Waals surface area contributed by atoms with Crippen LogP contribution in [-0.4, -0.2) is 26.3 Å². The van der Waals surface area contributed by atoms with Crippen molar-refractivity contribution in [2.24, 2.45) is 11.1 Å². The summed E-state index contributed by atoms with van der Waals surface area (Å²) in [5, 5.41) is 13.0. The number of hydrogen-bond donors (Lipinski definition) is 3. The fourth-order valence-electron chi connectivity index (χ4n) is 3.71. The molecule has 0 aromatic heterocycles. The Morgan fingerprint density at radius 2 is 1.52 bits per heavy atom. The van der Waals surface area contributed by atoms with E-state index in [0.29, 0.717) is 0 Å². The van der Waals surface area contributed by atoms with Gasteiger partial charge in [-0.2, -0.15) is 0 Å². The molecule has 0 fully saturated rings. The highest BCUT2D eigenvalue weighted by Gasteiger charge is 2.26. The molecule has 174 valence electrons. The molecule has 0 aliphatic carbocycles. The highest BCUT2D eigenvalue weighted by atomic mass is 32.2. The first-order valence-electron chi connectivity index (χ1n) is 10.8. The standard InChI is InChI=1S/C25H29N3O4S/c1-16(2)24(25(30)27-17(3)18-11-13-21(14-12-18)33(26,31)32)28-23(29)15-20-9-6-8-19-7-4-5-10-22(19)20/h4-14,16-17,24H,15H2,1-3H3,(H,27,30)(H,28,29)(H2,26,31,32)/t17-,24-/m0/s1. The van der Waals surface area contributed by atoms with E-state index in [0.717, 1.165) is 21.9 Å². The lowest BCUT2D eigenvalue weighted by molar-refractivity contribution is -0.130. The molecule has 33 heavy (non-hydrogen) atoms. The second kappa shape index (κ2) is 10.1. The van der Waals surface area contributed by atoms with E-state index in [1.54, 1.807) is 19.1 Å². The number of primary sulfonamides is 1. The average Bonchev–Trinajstić information content (AvgIpc) is 2.77. The smallest absolute Gasteiger partial charge is 0.243 e. The van der Waals surface area contributed by atoms with Crippen molar-refractivity contribution in [2.45, 2.75) is 44.2 Å². The minimum Gasteiger partial charge on any atom is -0.348 e. The summed E-state index contributed by atoms with van der Waals surface area (Å²) in [6.45, 7) is 5.53. The number of amides is 2. The SMILES string of the molecule is CC(C)[C@H](NC(=O)Cc1cccc2ccccc12)C(=O)N[C@@H](C)c1ccc(S(N)(=O)=O)cc1. The average molecular weight is 468 g/mol. The molecule has 0 heterocycles. The van der Waals surface area contributed by atoms with Gasteiger partial charge in [0.25, 0.3) is 0 Å². The van der Waals surface area contributed by atoms with Crippen LogP contribution in [0.25, 0.3) is 10.8 Å². The van der Waals surface area contributed by atoms with Crippen LogP contribution >= 0.6 is 0 Å². The maximum absolute atomic E-state index is 13.0. The third-order valence-corrected chi connectivity index (χ3v) is 6.49. The summed E-state index contributed by atoms with van der Waals surface area (Å²) in [4.78, 5) is 25.8. The van der Waals surface area contributed by atoms with Gasteiger partial charge in [0.05, 0.1) is 17.4 Å². The number of sulfonamides is 1. The van der Waals surface area contributed by atoms with Gasteiger partial charge >= 0.3 is 0 Å². The van der Waals surface area contributed by atoms with Crippen LogP contribution in [0.2, 0.25) is 0 Å². The topological polar surface area (TPSA) is 118 Å². The van der Waals surface area contributed by atoms with Crippen LogP contribution in [0.5, 0.6) is 0 Å². The van der Waals surface area contributed by atoms with Crippen molar-refractivity contribution in [1.82, 2.24) is 10.6 Å². The molecule has 0 spiro atoms. The first-order valence-corrected chi connectivity index (χ1v) is 12.3. The molecular formula is C25H29N3O4S. The number of hydrogen-bond acceptors (Lipinski definition) is 4. The summed E-state index contributed by atoms with van der Waals surface area (Å²) in [7, 11) is -3.78. The first-order chi connectivity index (χ1) is 15.6. The summed E-state index contributed by atoms with van der Waals surface area (Å²) in [6, 6.07) is 18.6. The second-order valence-corrected chi connectivity index (χ2v) is 10.0. The van der Waals surface area contributed by atoms with Gasteiger partial charge in [-0.15, -0.1) is 0 Å². The Morgan fingerprint density at radius 3 is 2.15 bits per heavy atom. The molecule has 0 aliphatic rings. The minimum atomic E-state index is -3.78. The van der Waals surface area contributed by atoms with E-state index >= 15 is 0 Å². The van der Waals surface area contributed by atoms with Crippen molar-refractivity contribution in [3.8, 4) is 0 Å². The Kier molecular flexibility index (Phi) is 7.50. The van der Waals surface area contributed by atoms with Gasteiger partial charge in [-0.25, -0.2) is 13.6 Å². The van der Waals surface area contributed by atoms with Crippen LogP contribution in [0.15, 0.2) is 71.6 Å². The predicted molar refractivity (Wildman–Crippen MR) is 129 cm³/mol. The Morgan fingerprint density at radius 1 is 0.879 bits per heavy atom. The zero-order chi connectivity index (χ0) is 24.2. The summed E-state index contributed by atoms with van der Waals surface area (Å²) in [6.07, 6.45) is 0.169. The summed E-state index contributed by atoms with van der Waals surface area (Å²) < 4.78 is 22.9. The van der Waals surface area contributed by atoms with E-state index in [4.69, 9.17) is 5.14 Å². The molecule has 2 atom stereocenters. The van der Waals surface area contributed by atoms with Crippen LogP contribution in [0.3, 0.4) is 0 Å². The van der Waals surface area contributed by atoms with Gasteiger partial charge < -0.3 is 10.6 Å². The molecule has 0 bridgehead atoms. The Bertz CT molecular complexity index is 1250. The monoisotopic (exact) mass is 467 g/mol. The number of carbonyl (C=O) groups excluding carboxylic acids is 2. The molecular weight excluding hydrogens is 438 g/mol. The molecule has 7 nitrogen and oxygen atoms in total. The third-order valence-electron chi connectivity index (χ3n) is 5.56. The highest BCUT2D eigenvalue weighted by molar-refractivity contribution is 7.89. The molecule has 0 saturated heterocycles. The van der Waals surface area contributed by atoms with Gasteiger partial charge in [0.1, 0.15) is 6.04 Å². The zero-order valence-corrected chi connectivity index (χ0v) is 19.7. The molecule has 4 N–H and O–H groups in total. The van der Waals surface area contributed by atoms with E-state index in [9.17, 15) is 18.0 Å². The second-order valence-electron chi connectivity index (χ2n) is 8.45. The quantitative estimate of drug-likeness (QED) is 0.472. The van der Waals surface area contributed by atoms with E-state index in [1.165, 1.54) is 12.1 Å². The first kappa shape index (κ1) is 24.4. The van der Waals surface area contributed by atoms with Crippen molar-refractivity contribution in [2.75, 3.05) is 0 Å². The maximum Gasteiger partial charge on any atom is 0.243 e. The normalized spacial score (nSPS) is 13.5. The van der Waals surface area contributed by atoms with E-state index < -0.39 is 16.1 Å². The number of rotatable bonds is 8. The number of carbonyl (C=O) groups is 2. The number of nitrogens with two attached hydrogens (primary N) is 1. The zero-order valence-electron chi connectivity index (χ0n) is 18.9. The van der Waals surface area contributed by atoms with Crippen molar-refractivity contribution in [1.29, 1.82) is 0 Å². The lowest BCUT2D eigenvalue weighted by atomic mass is 9.99. The lowest BCUT2D eigenvalue weighted by Gasteiger charge is -2.24. The highest BCUT2D eigenvalue weighted by Crippen LogP contribution is 2.19.